The van der Waals surface area contributed by atoms with Crippen molar-refractivity contribution < 1.29 is 4.42 Å². The van der Waals surface area contributed by atoms with Gasteiger partial charge in [0.2, 0.25) is 5.71 Å². The normalized spacial score (nSPS) is 11.3. The zero-order valence-electron chi connectivity index (χ0n) is 22.8. The van der Waals surface area contributed by atoms with Crippen LogP contribution in [0.4, 0.5) is 17.1 Å². The Morgan fingerprint density at radius 3 is 1.83 bits per heavy atom. The quantitative estimate of drug-likeness (QED) is 0.218. The van der Waals surface area contributed by atoms with E-state index in [0.29, 0.717) is 5.71 Å². The van der Waals surface area contributed by atoms with Crippen molar-refractivity contribution in [1.82, 2.24) is 4.98 Å². The fourth-order valence-electron chi connectivity index (χ4n) is 5.83. The van der Waals surface area contributed by atoms with Crippen molar-refractivity contribution in [3.63, 3.8) is 0 Å². The highest BCUT2D eigenvalue weighted by Gasteiger charge is 2.19. The Kier molecular flexibility index (Phi) is 5.79. The van der Waals surface area contributed by atoms with Crippen molar-refractivity contribution in [2.75, 3.05) is 4.90 Å². The molecule has 0 aliphatic rings. The van der Waals surface area contributed by atoms with Crippen LogP contribution >= 0.6 is 0 Å². The Hall–Kier alpha value is -5.67. The summed E-state index contributed by atoms with van der Waals surface area (Å²) in [7, 11) is 0. The molecule has 0 fully saturated rings. The lowest BCUT2D eigenvalue weighted by molar-refractivity contribution is 0.654. The molecule has 3 heteroatoms. The number of pyridine rings is 1. The van der Waals surface area contributed by atoms with Crippen molar-refractivity contribution in [1.29, 1.82) is 0 Å². The van der Waals surface area contributed by atoms with Crippen LogP contribution < -0.4 is 4.90 Å². The van der Waals surface area contributed by atoms with Crippen LogP contribution in [0.1, 0.15) is 0 Å². The maximum Gasteiger partial charge on any atom is 0.227 e. The molecule has 6 aromatic carbocycles. The molecule has 0 aliphatic heterocycles. The van der Waals surface area contributed by atoms with Gasteiger partial charge in [0.15, 0.2) is 5.58 Å². The average Bonchev–Trinajstić information content (AvgIpc) is 3.45. The summed E-state index contributed by atoms with van der Waals surface area (Å²) in [6, 6.07) is 53.4. The lowest BCUT2D eigenvalue weighted by Gasteiger charge is -2.26. The van der Waals surface area contributed by atoms with Crippen LogP contribution in [-0.2, 0) is 0 Å². The summed E-state index contributed by atoms with van der Waals surface area (Å²) in [5.41, 5.74) is 9.28. The highest BCUT2D eigenvalue weighted by atomic mass is 16.3. The van der Waals surface area contributed by atoms with Crippen molar-refractivity contribution in [3.05, 3.63) is 158 Å². The predicted octanol–water partition coefficient (Wildman–Crippen LogP) is 10.9. The number of furan rings is 1. The lowest BCUT2D eigenvalue weighted by atomic mass is 10.0. The molecule has 0 bridgehead atoms. The largest absolute Gasteiger partial charge is 0.435 e. The van der Waals surface area contributed by atoms with E-state index >= 15 is 0 Å². The Balaban J connectivity index is 1.26. The molecule has 0 spiro atoms. The molecule has 0 radical (unpaired) electrons. The molecule has 0 aliphatic carbocycles. The molecular formula is C39H26N2O. The summed E-state index contributed by atoms with van der Waals surface area (Å²) in [5.74, 6) is 0. The smallest absolute Gasteiger partial charge is 0.227 e. The van der Waals surface area contributed by atoms with E-state index in [0.717, 1.165) is 33.4 Å². The van der Waals surface area contributed by atoms with Gasteiger partial charge in [-0.2, -0.15) is 0 Å². The monoisotopic (exact) mass is 538 g/mol. The van der Waals surface area contributed by atoms with Crippen molar-refractivity contribution in [2.45, 2.75) is 0 Å². The second-order valence-corrected chi connectivity index (χ2v) is 10.5. The molecule has 0 saturated heterocycles. The number of nitrogens with zero attached hydrogens (tertiary/aromatic N) is 2. The molecule has 42 heavy (non-hydrogen) atoms. The summed E-state index contributed by atoms with van der Waals surface area (Å²) >= 11 is 0. The first-order chi connectivity index (χ1) is 20.8. The number of hydrogen-bond acceptors (Lipinski definition) is 3. The van der Waals surface area contributed by atoms with E-state index in [-0.39, 0.29) is 0 Å². The number of benzene rings is 6. The molecule has 0 unspecified atom stereocenters. The molecule has 2 aromatic heterocycles. The third-order valence-electron chi connectivity index (χ3n) is 7.94. The molecular weight excluding hydrogens is 512 g/mol. The topological polar surface area (TPSA) is 29.3 Å². The number of hydrogen-bond donors (Lipinski definition) is 0. The lowest BCUT2D eigenvalue weighted by Crippen LogP contribution is -2.10. The number of rotatable bonds is 5. The van der Waals surface area contributed by atoms with Crippen molar-refractivity contribution in [2.24, 2.45) is 0 Å². The van der Waals surface area contributed by atoms with Crippen molar-refractivity contribution in [3.8, 4) is 22.3 Å². The predicted molar refractivity (Wildman–Crippen MR) is 175 cm³/mol. The van der Waals surface area contributed by atoms with Gasteiger partial charge in [0.1, 0.15) is 0 Å². The molecule has 8 aromatic rings. The van der Waals surface area contributed by atoms with Gasteiger partial charge in [-0.25, -0.2) is 4.98 Å². The van der Waals surface area contributed by atoms with Gasteiger partial charge in [-0.3, -0.25) is 0 Å². The van der Waals surface area contributed by atoms with Crippen LogP contribution in [0, 0.1) is 0 Å². The number of fused-ring (bicyclic) bond motifs is 4. The maximum atomic E-state index is 6.38. The van der Waals surface area contributed by atoms with Crippen LogP contribution in [0.25, 0.3) is 55.1 Å². The average molecular weight is 539 g/mol. The van der Waals surface area contributed by atoms with Crippen LogP contribution in [0.5, 0.6) is 0 Å². The summed E-state index contributed by atoms with van der Waals surface area (Å²) in [5, 5.41) is 4.55. The molecule has 0 atom stereocenters. The van der Waals surface area contributed by atoms with Gasteiger partial charge in [-0.05, 0) is 81.6 Å². The van der Waals surface area contributed by atoms with Crippen LogP contribution in [0.3, 0.4) is 0 Å². The second-order valence-electron chi connectivity index (χ2n) is 10.5. The second kappa shape index (κ2) is 10.1. The van der Waals surface area contributed by atoms with E-state index in [4.69, 9.17) is 4.42 Å². The van der Waals surface area contributed by atoms with E-state index in [9.17, 15) is 0 Å². The Labute approximate surface area is 243 Å². The SMILES string of the molecule is c1ccc(-c2ccc(N(c3ccc(-c4ccc5ccccc5c4)cc3)c3cccc4c3oc3ncccc34)cc2)cc1. The van der Waals surface area contributed by atoms with Gasteiger partial charge in [0.25, 0.3) is 0 Å². The van der Waals surface area contributed by atoms with Gasteiger partial charge in [0.05, 0.1) is 5.69 Å². The molecule has 198 valence electrons. The first-order valence-corrected chi connectivity index (χ1v) is 14.1. The first-order valence-electron chi connectivity index (χ1n) is 14.1. The zero-order chi connectivity index (χ0) is 27.9. The third kappa shape index (κ3) is 4.20. The molecule has 0 saturated carbocycles. The van der Waals surface area contributed by atoms with Gasteiger partial charge in [-0.15, -0.1) is 0 Å². The van der Waals surface area contributed by atoms with E-state index in [1.807, 2.05) is 12.1 Å². The van der Waals surface area contributed by atoms with Crippen LogP contribution in [-0.4, -0.2) is 4.98 Å². The molecule has 3 nitrogen and oxygen atoms in total. The third-order valence-corrected chi connectivity index (χ3v) is 7.94. The molecule has 0 N–H and O–H groups in total. The fraction of sp³-hybridized carbons (Fsp3) is 0. The first kappa shape index (κ1) is 24.2. The minimum absolute atomic E-state index is 0.644. The minimum Gasteiger partial charge on any atom is -0.435 e. The Morgan fingerprint density at radius 2 is 1.07 bits per heavy atom. The standard InChI is InChI=1S/C39H26N2O/c1-2-8-27(9-3-1)29-17-21-33(22-18-29)41(37-14-6-12-35-36-13-7-25-40-39(36)42-38(35)37)34-23-19-30(20-24-34)32-16-15-28-10-4-5-11-31(28)26-32/h1-26H. The Bertz CT molecular complexity index is 2180. The van der Waals surface area contributed by atoms with Gasteiger partial charge < -0.3 is 9.32 Å². The zero-order valence-corrected chi connectivity index (χ0v) is 22.8. The summed E-state index contributed by atoms with van der Waals surface area (Å²) in [6.07, 6.45) is 1.77. The van der Waals surface area contributed by atoms with E-state index < -0.39 is 0 Å². The van der Waals surface area contributed by atoms with Crippen molar-refractivity contribution >= 4 is 49.9 Å². The summed E-state index contributed by atoms with van der Waals surface area (Å²) in [6.45, 7) is 0. The van der Waals surface area contributed by atoms with E-state index in [1.165, 1.54) is 33.0 Å². The van der Waals surface area contributed by atoms with Gasteiger partial charge in [0, 0.05) is 28.3 Å². The van der Waals surface area contributed by atoms with Crippen LogP contribution in [0.15, 0.2) is 162 Å². The summed E-state index contributed by atoms with van der Waals surface area (Å²) in [4.78, 5) is 6.76. The van der Waals surface area contributed by atoms with Gasteiger partial charge in [-0.1, -0.05) is 103 Å². The minimum atomic E-state index is 0.644. The van der Waals surface area contributed by atoms with E-state index in [1.54, 1.807) is 6.20 Å². The summed E-state index contributed by atoms with van der Waals surface area (Å²) < 4.78 is 6.38. The van der Waals surface area contributed by atoms with E-state index in [2.05, 4.69) is 149 Å². The molecule has 2 heterocycles. The molecule has 0 amide bonds. The maximum absolute atomic E-state index is 6.38. The number of para-hydroxylation sites is 1. The number of anilines is 3. The highest BCUT2D eigenvalue weighted by molar-refractivity contribution is 6.09. The molecule has 8 rings (SSSR count). The number of aromatic nitrogens is 1. The fourth-order valence-corrected chi connectivity index (χ4v) is 5.83. The Morgan fingerprint density at radius 1 is 0.452 bits per heavy atom. The van der Waals surface area contributed by atoms with Gasteiger partial charge >= 0.3 is 0 Å². The van der Waals surface area contributed by atoms with Crippen LogP contribution in [0.2, 0.25) is 0 Å². The highest BCUT2D eigenvalue weighted by Crippen LogP contribution is 2.42.